The van der Waals surface area contributed by atoms with E-state index in [0.29, 0.717) is 6.54 Å². The summed E-state index contributed by atoms with van der Waals surface area (Å²) >= 11 is 0. The Labute approximate surface area is 116 Å². The number of alkyl halides is 3. The van der Waals surface area contributed by atoms with Crippen LogP contribution in [0.1, 0.15) is 33.3 Å². The smallest absolute Gasteiger partial charge is 0.313 e. The van der Waals surface area contributed by atoms with Gasteiger partial charge in [0.25, 0.3) is 5.56 Å². The molecule has 1 unspecified atom stereocenters. The molecule has 0 saturated heterocycles. The Hall–Kier alpha value is -1.30. The van der Waals surface area contributed by atoms with E-state index in [0.717, 1.165) is 22.9 Å². The second-order valence-corrected chi connectivity index (χ2v) is 5.88. The van der Waals surface area contributed by atoms with Crippen molar-refractivity contribution in [3.05, 3.63) is 34.2 Å². The molecule has 0 radical (unpaired) electrons. The highest BCUT2D eigenvalue weighted by molar-refractivity contribution is 5.13. The topological polar surface area (TPSA) is 34.0 Å². The minimum atomic E-state index is -4.44. The van der Waals surface area contributed by atoms with Gasteiger partial charge in [-0.2, -0.15) is 13.2 Å². The number of hydrogen-bond donors (Lipinski definition) is 1. The SMILES string of the molecule is CCNC(Cn1cc(C(F)(F)F)ccc1=O)C(C)(C)C. The third-order valence-electron chi connectivity index (χ3n) is 3.19. The Kier molecular flexibility index (Phi) is 5.02. The molecular weight excluding hydrogens is 269 g/mol. The van der Waals surface area contributed by atoms with Gasteiger partial charge in [-0.15, -0.1) is 0 Å². The van der Waals surface area contributed by atoms with Gasteiger partial charge in [0.2, 0.25) is 0 Å². The number of nitrogens with one attached hydrogen (secondary N) is 1. The number of halogens is 3. The number of nitrogens with zero attached hydrogens (tertiary/aromatic N) is 1. The number of likely N-dealkylation sites (N-methyl/N-ethyl adjacent to an activating group) is 1. The highest BCUT2D eigenvalue weighted by atomic mass is 19.4. The lowest BCUT2D eigenvalue weighted by Gasteiger charge is -2.32. The van der Waals surface area contributed by atoms with E-state index >= 15 is 0 Å². The lowest BCUT2D eigenvalue weighted by atomic mass is 9.86. The fourth-order valence-corrected chi connectivity index (χ4v) is 1.93. The van der Waals surface area contributed by atoms with Crippen molar-refractivity contribution in [2.24, 2.45) is 5.41 Å². The zero-order chi connectivity index (χ0) is 15.6. The van der Waals surface area contributed by atoms with Crippen LogP contribution in [0.5, 0.6) is 0 Å². The Bertz CT molecular complexity index is 500. The molecule has 1 aromatic heterocycles. The van der Waals surface area contributed by atoms with Crippen LogP contribution in [0.25, 0.3) is 0 Å². The predicted molar refractivity (Wildman–Crippen MR) is 72.6 cm³/mol. The van der Waals surface area contributed by atoms with Crippen LogP contribution in [0.2, 0.25) is 0 Å². The van der Waals surface area contributed by atoms with E-state index in [2.05, 4.69) is 5.32 Å². The van der Waals surface area contributed by atoms with Gasteiger partial charge < -0.3 is 9.88 Å². The van der Waals surface area contributed by atoms with Gasteiger partial charge in [-0.05, 0) is 18.0 Å². The molecule has 0 saturated carbocycles. The molecule has 0 aromatic carbocycles. The molecule has 0 aliphatic carbocycles. The zero-order valence-electron chi connectivity index (χ0n) is 12.2. The van der Waals surface area contributed by atoms with E-state index in [-0.39, 0.29) is 18.0 Å². The molecule has 3 nitrogen and oxygen atoms in total. The summed E-state index contributed by atoms with van der Waals surface area (Å²) in [6.45, 7) is 8.78. The molecule has 114 valence electrons. The van der Waals surface area contributed by atoms with Crippen molar-refractivity contribution in [1.82, 2.24) is 9.88 Å². The first-order valence-corrected chi connectivity index (χ1v) is 6.56. The van der Waals surface area contributed by atoms with Crippen molar-refractivity contribution in [2.45, 2.75) is 46.5 Å². The standard InChI is InChI=1S/C14H21F3N2O/c1-5-18-11(13(2,3)4)9-19-8-10(14(15,16)17)6-7-12(19)20/h6-8,11,18H,5,9H2,1-4H3. The molecule has 0 fully saturated rings. The molecule has 0 bridgehead atoms. The van der Waals surface area contributed by atoms with Gasteiger partial charge in [0.1, 0.15) is 0 Å². The highest BCUT2D eigenvalue weighted by Crippen LogP contribution is 2.28. The van der Waals surface area contributed by atoms with E-state index in [4.69, 9.17) is 0 Å². The summed E-state index contributed by atoms with van der Waals surface area (Å²) < 4.78 is 39.2. The fourth-order valence-electron chi connectivity index (χ4n) is 1.93. The van der Waals surface area contributed by atoms with Crippen LogP contribution in [-0.4, -0.2) is 17.2 Å². The molecule has 20 heavy (non-hydrogen) atoms. The van der Waals surface area contributed by atoms with Crippen LogP contribution in [0.4, 0.5) is 13.2 Å². The fraction of sp³-hybridized carbons (Fsp3) is 0.643. The summed E-state index contributed by atoms with van der Waals surface area (Å²) in [5.41, 5.74) is -1.39. The maximum Gasteiger partial charge on any atom is 0.417 e. The van der Waals surface area contributed by atoms with Crippen molar-refractivity contribution in [3.8, 4) is 0 Å². The third kappa shape index (κ3) is 4.37. The summed E-state index contributed by atoms with van der Waals surface area (Å²) in [4.78, 5) is 11.7. The van der Waals surface area contributed by atoms with Gasteiger partial charge in [0.05, 0.1) is 5.56 Å². The first-order chi connectivity index (χ1) is 9.05. The minimum Gasteiger partial charge on any atom is -0.313 e. The van der Waals surface area contributed by atoms with E-state index in [1.54, 1.807) is 0 Å². The number of pyridine rings is 1. The van der Waals surface area contributed by atoms with Gasteiger partial charge in [0, 0.05) is 24.8 Å². The highest BCUT2D eigenvalue weighted by Gasteiger charge is 2.31. The third-order valence-corrected chi connectivity index (χ3v) is 3.19. The van der Waals surface area contributed by atoms with E-state index in [1.165, 1.54) is 0 Å². The molecule has 1 N–H and O–H groups in total. The largest absolute Gasteiger partial charge is 0.417 e. The van der Waals surface area contributed by atoms with Crippen molar-refractivity contribution in [1.29, 1.82) is 0 Å². The molecule has 0 aliphatic heterocycles. The first-order valence-electron chi connectivity index (χ1n) is 6.56. The molecular formula is C14H21F3N2O. The maximum atomic E-state index is 12.7. The van der Waals surface area contributed by atoms with E-state index in [9.17, 15) is 18.0 Å². The van der Waals surface area contributed by atoms with Gasteiger partial charge in [-0.25, -0.2) is 0 Å². The van der Waals surface area contributed by atoms with Crippen molar-refractivity contribution < 1.29 is 13.2 Å². The summed E-state index contributed by atoms with van der Waals surface area (Å²) in [5, 5.41) is 3.22. The normalized spacial score (nSPS) is 14.3. The van der Waals surface area contributed by atoms with Gasteiger partial charge in [0.15, 0.2) is 0 Å². The van der Waals surface area contributed by atoms with Crippen molar-refractivity contribution >= 4 is 0 Å². The Morgan fingerprint density at radius 2 is 1.85 bits per heavy atom. The second kappa shape index (κ2) is 5.99. The monoisotopic (exact) mass is 290 g/mol. The number of aromatic nitrogens is 1. The van der Waals surface area contributed by atoms with Crippen molar-refractivity contribution in [2.75, 3.05) is 6.54 Å². The second-order valence-electron chi connectivity index (χ2n) is 5.88. The van der Waals surface area contributed by atoms with Crippen LogP contribution in [0, 0.1) is 5.41 Å². The quantitative estimate of drug-likeness (QED) is 0.925. The Balaban J connectivity index is 3.10. The van der Waals surface area contributed by atoms with Gasteiger partial charge >= 0.3 is 6.18 Å². The van der Waals surface area contributed by atoms with Crippen LogP contribution in [-0.2, 0) is 12.7 Å². The summed E-state index contributed by atoms with van der Waals surface area (Å²) in [6.07, 6.45) is -3.55. The van der Waals surface area contributed by atoms with Crippen LogP contribution < -0.4 is 10.9 Å². The van der Waals surface area contributed by atoms with Gasteiger partial charge in [-0.3, -0.25) is 4.79 Å². The van der Waals surface area contributed by atoms with Crippen LogP contribution >= 0.6 is 0 Å². The average Bonchev–Trinajstić information content (AvgIpc) is 2.28. The zero-order valence-corrected chi connectivity index (χ0v) is 12.2. The molecule has 1 atom stereocenters. The predicted octanol–water partition coefficient (Wildman–Crippen LogP) is 2.89. The Morgan fingerprint density at radius 3 is 2.30 bits per heavy atom. The molecule has 0 spiro atoms. The molecule has 6 heteroatoms. The summed E-state index contributed by atoms with van der Waals surface area (Å²) in [7, 11) is 0. The summed E-state index contributed by atoms with van der Waals surface area (Å²) in [5.74, 6) is 0. The molecule has 0 aliphatic rings. The van der Waals surface area contributed by atoms with Gasteiger partial charge in [-0.1, -0.05) is 27.7 Å². The number of hydrogen-bond acceptors (Lipinski definition) is 2. The molecule has 0 amide bonds. The number of rotatable bonds is 4. The van der Waals surface area contributed by atoms with E-state index in [1.807, 2.05) is 27.7 Å². The minimum absolute atomic E-state index is 0.0892. The molecule has 1 heterocycles. The summed E-state index contributed by atoms with van der Waals surface area (Å²) in [6, 6.07) is 1.70. The first kappa shape index (κ1) is 16.8. The van der Waals surface area contributed by atoms with Crippen LogP contribution in [0.15, 0.2) is 23.1 Å². The van der Waals surface area contributed by atoms with Crippen LogP contribution in [0.3, 0.4) is 0 Å². The Morgan fingerprint density at radius 1 is 1.25 bits per heavy atom. The van der Waals surface area contributed by atoms with E-state index < -0.39 is 17.3 Å². The van der Waals surface area contributed by atoms with Crippen molar-refractivity contribution in [3.63, 3.8) is 0 Å². The maximum absolute atomic E-state index is 12.7. The lowest BCUT2D eigenvalue weighted by molar-refractivity contribution is -0.138. The lowest BCUT2D eigenvalue weighted by Crippen LogP contribution is -2.45. The molecule has 1 rings (SSSR count). The average molecular weight is 290 g/mol. The molecule has 1 aromatic rings.